The molecule has 1 fully saturated rings. The molecule has 1 aliphatic heterocycles. The molecule has 0 aliphatic carbocycles. The number of sulfone groups is 1. The molecule has 1 heterocycles. The highest BCUT2D eigenvalue weighted by Gasteiger charge is 2.63. The third kappa shape index (κ3) is 2.15. The molecular weight excluding hydrogens is 329 g/mol. The molecule has 0 aromatic carbocycles. The molecule has 0 N–H and O–H groups in total. The van der Waals surface area contributed by atoms with Crippen molar-refractivity contribution in [2.45, 2.75) is 3.79 Å². The second-order valence-electron chi connectivity index (χ2n) is 3.94. The quantitative estimate of drug-likeness (QED) is 0.445. The zero-order chi connectivity index (χ0) is 13.6. The topological polar surface area (TPSA) is 56.2 Å². The lowest BCUT2D eigenvalue weighted by Crippen LogP contribution is -2.61. The van der Waals surface area contributed by atoms with Gasteiger partial charge in [-0.05, 0) is 28.2 Å². The minimum Gasteiger partial charge on any atom is -0.251 e. The van der Waals surface area contributed by atoms with Crippen LogP contribution in [-0.2, 0) is 9.84 Å². The molecule has 0 amide bonds. The smallest absolute Gasteiger partial charge is 0.251 e. The summed E-state index contributed by atoms with van der Waals surface area (Å²) in [5.74, 6) is -0.264. The maximum Gasteiger partial charge on any atom is 0.282 e. The van der Waals surface area contributed by atoms with Crippen LogP contribution in [0.5, 0.6) is 0 Å². The van der Waals surface area contributed by atoms with E-state index in [4.69, 9.17) is 35.0 Å². The zero-order valence-electron chi connectivity index (χ0n) is 9.80. The van der Waals surface area contributed by atoms with E-state index in [1.165, 1.54) is 4.67 Å². The summed E-state index contributed by atoms with van der Waals surface area (Å²) < 4.78 is 29.8. The van der Waals surface area contributed by atoms with Crippen molar-refractivity contribution >= 4 is 52.3 Å². The van der Waals surface area contributed by atoms with Crippen molar-refractivity contribution < 1.29 is 8.42 Å². The Morgan fingerprint density at radius 2 is 1.65 bits per heavy atom. The first-order valence-electron chi connectivity index (χ1n) is 4.50. The van der Waals surface area contributed by atoms with Gasteiger partial charge in [0, 0.05) is 11.8 Å². The fourth-order valence-corrected chi connectivity index (χ4v) is 8.69. The summed E-state index contributed by atoms with van der Waals surface area (Å²) in [5.41, 5.74) is 0. The van der Waals surface area contributed by atoms with E-state index in [1.54, 1.807) is 37.5 Å². The van der Waals surface area contributed by atoms with Gasteiger partial charge in [0.15, 0.2) is 7.51 Å². The summed E-state index contributed by atoms with van der Waals surface area (Å²) in [6.07, 6.45) is 0. The molecule has 0 saturated carbocycles. The molecule has 0 atom stereocenters. The van der Waals surface area contributed by atoms with Crippen LogP contribution < -0.4 is 0 Å². The highest BCUT2D eigenvalue weighted by molar-refractivity contribution is 7.97. The van der Waals surface area contributed by atoms with Gasteiger partial charge in [0.05, 0.1) is 0 Å². The third-order valence-electron chi connectivity index (χ3n) is 2.47. The largest absolute Gasteiger partial charge is 0.282 e. The standard InChI is InChI=1S/C6H14Cl3N4O2PS/c1-11(2)16(10-9,12(3)4)13-5-17(14,15)6(13,7)8/h5H2,1-4H3. The van der Waals surface area contributed by atoms with Gasteiger partial charge in [-0.1, -0.05) is 23.2 Å². The van der Waals surface area contributed by atoms with Crippen molar-refractivity contribution in [3.63, 3.8) is 0 Å². The molecule has 11 heteroatoms. The molecule has 1 aliphatic rings. The number of rotatable bonds is 3. The maximum atomic E-state index is 11.5. The lowest BCUT2D eigenvalue weighted by molar-refractivity contribution is 0.369. The monoisotopic (exact) mass is 342 g/mol. The Morgan fingerprint density at radius 3 is 1.82 bits per heavy atom. The van der Waals surface area contributed by atoms with E-state index < -0.39 is 21.1 Å². The van der Waals surface area contributed by atoms with Crippen molar-refractivity contribution in [1.82, 2.24) is 14.0 Å². The summed E-state index contributed by atoms with van der Waals surface area (Å²) in [6, 6.07) is 0. The summed E-state index contributed by atoms with van der Waals surface area (Å²) in [5, 5.41) is 0. The first kappa shape index (κ1) is 16.0. The lowest BCUT2D eigenvalue weighted by Gasteiger charge is -2.52. The summed E-state index contributed by atoms with van der Waals surface area (Å²) in [6.45, 7) is 0. The minimum atomic E-state index is -3.56. The van der Waals surface area contributed by atoms with Crippen LogP contribution in [0.15, 0.2) is 4.26 Å². The van der Waals surface area contributed by atoms with Crippen LogP contribution >= 0.6 is 42.5 Å². The first-order valence-corrected chi connectivity index (χ1v) is 8.85. The number of nitrogens with zero attached hydrogens (tertiary/aromatic N) is 4. The molecule has 0 spiro atoms. The number of alkyl halides is 2. The molecule has 6 nitrogen and oxygen atoms in total. The number of hydrogen-bond donors (Lipinski definition) is 0. The molecule has 102 valence electrons. The molecule has 17 heavy (non-hydrogen) atoms. The van der Waals surface area contributed by atoms with Crippen molar-refractivity contribution in [1.29, 1.82) is 0 Å². The Labute approximate surface area is 117 Å². The average Bonchev–Trinajstić information content (AvgIpc) is 2.17. The summed E-state index contributed by atoms with van der Waals surface area (Å²) in [7, 11) is 0.842. The Bertz CT molecular complexity index is 452. The second kappa shape index (κ2) is 4.80. The molecule has 0 radical (unpaired) electrons. The van der Waals surface area contributed by atoms with Crippen molar-refractivity contribution in [3.8, 4) is 0 Å². The van der Waals surface area contributed by atoms with E-state index in [1.807, 2.05) is 0 Å². The van der Waals surface area contributed by atoms with Crippen molar-refractivity contribution in [3.05, 3.63) is 0 Å². The van der Waals surface area contributed by atoms with E-state index in [0.717, 1.165) is 0 Å². The van der Waals surface area contributed by atoms with Gasteiger partial charge in [-0.15, -0.1) is 0 Å². The Kier molecular flexibility index (Phi) is 4.51. The fraction of sp³-hybridized carbons (Fsp3) is 1.00. The van der Waals surface area contributed by atoms with E-state index >= 15 is 0 Å². The zero-order valence-corrected chi connectivity index (χ0v) is 13.8. The Morgan fingerprint density at radius 1 is 1.24 bits per heavy atom. The molecular formula is C6H14Cl3N4O2PS. The SMILES string of the molecule is CN(C)P(=NCl)(N(C)C)N1CS(=O)(=O)C1(Cl)Cl. The van der Waals surface area contributed by atoms with Gasteiger partial charge in [0.2, 0.25) is 9.84 Å². The molecule has 0 unspecified atom stereocenters. The fourth-order valence-electron chi connectivity index (χ4n) is 1.61. The van der Waals surface area contributed by atoms with Crippen LogP contribution in [0.1, 0.15) is 0 Å². The summed E-state index contributed by atoms with van der Waals surface area (Å²) in [4.78, 5) is 0. The molecule has 1 saturated heterocycles. The molecule has 0 aromatic heterocycles. The van der Waals surface area contributed by atoms with Gasteiger partial charge >= 0.3 is 0 Å². The minimum absolute atomic E-state index is 0.264. The highest BCUT2D eigenvalue weighted by Crippen LogP contribution is 2.66. The van der Waals surface area contributed by atoms with Crippen LogP contribution in [0.2, 0.25) is 0 Å². The summed E-state index contributed by atoms with van der Waals surface area (Å²) >= 11 is 17.4. The van der Waals surface area contributed by atoms with E-state index in [0.29, 0.717) is 0 Å². The van der Waals surface area contributed by atoms with E-state index in [9.17, 15) is 8.42 Å². The van der Waals surface area contributed by atoms with Crippen LogP contribution in [-0.4, -0.2) is 60.3 Å². The van der Waals surface area contributed by atoms with Crippen LogP contribution in [0.3, 0.4) is 0 Å². The van der Waals surface area contributed by atoms with Gasteiger partial charge in [0.1, 0.15) is 5.88 Å². The maximum absolute atomic E-state index is 11.5. The van der Waals surface area contributed by atoms with Crippen LogP contribution in [0.4, 0.5) is 0 Å². The molecule has 0 bridgehead atoms. The Hall–Kier alpha value is 0.930. The first-order chi connectivity index (χ1) is 7.54. The van der Waals surface area contributed by atoms with Gasteiger partial charge in [-0.2, -0.15) is 8.93 Å². The van der Waals surface area contributed by atoms with Crippen molar-refractivity contribution in [2.24, 2.45) is 4.26 Å². The van der Waals surface area contributed by atoms with Gasteiger partial charge < -0.3 is 0 Å². The van der Waals surface area contributed by atoms with Crippen LogP contribution in [0, 0.1) is 0 Å². The molecule has 1 rings (SSSR count). The van der Waals surface area contributed by atoms with Gasteiger partial charge in [-0.25, -0.2) is 8.42 Å². The second-order valence-corrected chi connectivity index (χ2v) is 11.5. The number of hydrogen-bond acceptors (Lipinski definition) is 3. The van der Waals surface area contributed by atoms with Gasteiger partial charge in [0.25, 0.3) is 3.79 Å². The molecule has 0 aromatic rings. The van der Waals surface area contributed by atoms with E-state index in [2.05, 4.69) is 4.26 Å². The van der Waals surface area contributed by atoms with E-state index in [-0.39, 0.29) is 5.88 Å². The predicted molar refractivity (Wildman–Crippen MR) is 72.6 cm³/mol. The average molecular weight is 344 g/mol. The third-order valence-corrected chi connectivity index (χ3v) is 10.5. The lowest BCUT2D eigenvalue weighted by atomic mass is 11.2. The number of halogens is 3. The van der Waals surface area contributed by atoms with Gasteiger partial charge in [-0.3, -0.25) is 9.34 Å². The predicted octanol–water partition coefficient (Wildman–Crippen LogP) is 1.99. The normalized spacial score (nSPS) is 23.8. The van der Waals surface area contributed by atoms with Crippen LogP contribution in [0.25, 0.3) is 0 Å². The highest BCUT2D eigenvalue weighted by atomic mass is 35.5. The Balaban J connectivity index is 3.32. The van der Waals surface area contributed by atoms with Crippen molar-refractivity contribution in [2.75, 3.05) is 34.1 Å².